The summed E-state index contributed by atoms with van der Waals surface area (Å²) in [4.78, 5) is 14.8. The van der Waals surface area contributed by atoms with Crippen molar-refractivity contribution >= 4 is 74.0 Å². The molecule has 12 rings (SSSR count). The smallest absolute Gasteiger partial charge is 0.164 e. The van der Waals surface area contributed by atoms with Gasteiger partial charge in [0.25, 0.3) is 0 Å². The molecule has 6 nitrogen and oxygen atoms in total. The summed E-state index contributed by atoms with van der Waals surface area (Å²) in [5, 5.41) is 8.52. The molecule has 6 heteroatoms. The zero-order valence-electron chi connectivity index (χ0n) is 45.4. The van der Waals surface area contributed by atoms with Gasteiger partial charge in [0, 0.05) is 72.2 Å². The number of aromatic nitrogens is 6. The molecule has 0 fully saturated rings. The monoisotopic (exact) mass is 983 g/mol. The first-order valence-electron chi connectivity index (χ1n) is 26.8. The summed E-state index contributed by atoms with van der Waals surface area (Å²) in [6.07, 6.45) is 16.5. The van der Waals surface area contributed by atoms with Gasteiger partial charge < -0.3 is 13.7 Å². The van der Waals surface area contributed by atoms with Crippen LogP contribution in [0.2, 0.25) is 0 Å². The summed E-state index contributed by atoms with van der Waals surface area (Å²) in [6.45, 7) is 24.9. The van der Waals surface area contributed by atoms with Gasteiger partial charge in [-0.15, -0.1) is 0 Å². The zero-order valence-corrected chi connectivity index (χ0v) is 45.4. The van der Waals surface area contributed by atoms with E-state index >= 15 is 0 Å². The van der Waals surface area contributed by atoms with Gasteiger partial charge in [0.1, 0.15) is 0 Å². The van der Waals surface area contributed by atoms with Crippen molar-refractivity contribution in [2.45, 2.75) is 75.7 Å². The topological polar surface area (TPSA) is 53.5 Å². The SMILES string of the molecule is C=c1/c(=C\C(C)C)c2c(n1/C(C)=C/C)C=CCC=C2.CC.CC.CC.c1ccc(-c2nc(-c3ccccc3)nc(-c3cccc(-n4ccc5c6cc7c(cc6ccc54)c4ccccc4n7-c4ccccc4)c3)n2)cc1. The Bertz CT molecular complexity index is 3860. The van der Waals surface area contributed by atoms with Crippen LogP contribution in [0.25, 0.3) is 120 Å². The lowest BCUT2D eigenvalue weighted by Gasteiger charge is -2.11. The predicted octanol–water partition coefficient (Wildman–Crippen LogP) is 17.8. The highest BCUT2D eigenvalue weighted by Crippen LogP contribution is 2.38. The molecule has 0 saturated heterocycles. The average molecular weight is 983 g/mol. The van der Waals surface area contributed by atoms with Gasteiger partial charge in [-0.05, 0) is 97.6 Å². The number of fused-ring (bicyclic) bond motifs is 7. The highest BCUT2D eigenvalue weighted by molar-refractivity contribution is 6.18. The predicted molar refractivity (Wildman–Crippen MR) is 326 cm³/mol. The van der Waals surface area contributed by atoms with Crippen LogP contribution in [0, 0.1) is 5.92 Å². The molecule has 1 aliphatic rings. The number of rotatable bonds is 7. The molecule has 0 saturated carbocycles. The van der Waals surface area contributed by atoms with Gasteiger partial charge in [0.2, 0.25) is 0 Å². The van der Waals surface area contributed by atoms with Crippen molar-refractivity contribution < 1.29 is 0 Å². The molecule has 4 aromatic heterocycles. The molecule has 0 bridgehead atoms. The third kappa shape index (κ3) is 10.7. The van der Waals surface area contributed by atoms with Gasteiger partial charge in [-0.25, -0.2) is 15.0 Å². The van der Waals surface area contributed by atoms with Crippen molar-refractivity contribution in [2.24, 2.45) is 5.92 Å². The van der Waals surface area contributed by atoms with E-state index in [0.717, 1.165) is 45.4 Å². The van der Waals surface area contributed by atoms with Crippen LogP contribution in [0.4, 0.5) is 0 Å². The second kappa shape index (κ2) is 24.4. The first-order valence-corrected chi connectivity index (χ1v) is 26.8. The third-order valence-electron chi connectivity index (χ3n) is 13.1. The lowest BCUT2D eigenvalue weighted by atomic mass is 10.0. The van der Waals surface area contributed by atoms with Crippen LogP contribution in [-0.2, 0) is 0 Å². The molecule has 0 radical (unpaired) electrons. The highest BCUT2D eigenvalue weighted by atomic mass is 15.0. The number of hydrogen-bond donors (Lipinski definition) is 0. The fourth-order valence-corrected chi connectivity index (χ4v) is 9.74. The van der Waals surface area contributed by atoms with Crippen molar-refractivity contribution in [1.29, 1.82) is 0 Å². The van der Waals surface area contributed by atoms with Crippen molar-refractivity contribution in [2.75, 3.05) is 0 Å². The van der Waals surface area contributed by atoms with Gasteiger partial charge in [-0.3, -0.25) is 0 Å². The molecule has 0 amide bonds. The van der Waals surface area contributed by atoms with Crippen molar-refractivity contribution in [3.05, 3.63) is 216 Å². The zero-order chi connectivity index (χ0) is 53.0. The molecule has 1 aliphatic carbocycles. The highest BCUT2D eigenvalue weighted by Gasteiger charge is 2.17. The number of nitrogens with zero attached hydrogens (tertiary/aromatic N) is 6. The molecule has 0 atom stereocenters. The van der Waals surface area contributed by atoms with E-state index in [9.17, 15) is 0 Å². The Morgan fingerprint density at radius 1 is 0.533 bits per heavy atom. The maximum absolute atomic E-state index is 4.97. The van der Waals surface area contributed by atoms with Gasteiger partial charge in [0.15, 0.2) is 17.5 Å². The average Bonchev–Trinajstić information content (AvgIpc) is 4.06. The van der Waals surface area contributed by atoms with E-state index < -0.39 is 0 Å². The molecular weight excluding hydrogens is 913 g/mol. The Morgan fingerprint density at radius 3 is 1.73 bits per heavy atom. The molecular formula is C69H70N6. The number of hydrogen-bond acceptors (Lipinski definition) is 3. The molecule has 0 spiro atoms. The fourth-order valence-electron chi connectivity index (χ4n) is 9.74. The molecule has 376 valence electrons. The minimum Gasteiger partial charge on any atom is -0.317 e. The van der Waals surface area contributed by atoms with Gasteiger partial charge >= 0.3 is 0 Å². The summed E-state index contributed by atoms with van der Waals surface area (Å²) in [5.74, 6) is 2.46. The molecule has 75 heavy (non-hydrogen) atoms. The lowest BCUT2D eigenvalue weighted by Crippen LogP contribution is -2.28. The Morgan fingerprint density at radius 2 is 1.09 bits per heavy atom. The van der Waals surface area contributed by atoms with Gasteiger partial charge in [0.05, 0.1) is 22.2 Å². The van der Waals surface area contributed by atoms with E-state index in [0.29, 0.717) is 23.4 Å². The summed E-state index contributed by atoms with van der Waals surface area (Å²) >= 11 is 0. The lowest BCUT2D eigenvalue weighted by molar-refractivity contribution is 0.879. The first kappa shape index (κ1) is 52.7. The molecule has 11 aromatic rings. The van der Waals surface area contributed by atoms with E-state index in [-0.39, 0.29) is 0 Å². The van der Waals surface area contributed by atoms with Crippen molar-refractivity contribution in [3.8, 4) is 45.5 Å². The standard InChI is InChI=1S/C45H29N5.C18H23N.3C2H6/c1-4-13-30(14-5-1)43-46-44(31-15-6-2-7-16-31)48-45(47-43)33-17-12-20-35(27-33)49-26-25-37-38-29-42-39(28-32(38)23-24-40(37)49)36-21-10-11-22-41(36)50(42)34-18-8-3-9-19-34;1-6-14(4)19-15(5)17(12-13(2)3)16-10-8-7-9-11-18(16)19;3*1-2/h1-29H;6,8-13H,5,7H2,1-4H3;3*1-2H3/b;14-6+,17-12+;;;. The maximum Gasteiger partial charge on any atom is 0.164 e. The van der Waals surface area contributed by atoms with Crippen molar-refractivity contribution in [1.82, 2.24) is 28.7 Å². The second-order valence-electron chi connectivity index (χ2n) is 17.9. The Balaban J connectivity index is 0.000000251. The molecule has 0 aliphatic heterocycles. The van der Waals surface area contributed by atoms with Gasteiger partial charge in [-0.2, -0.15) is 0 Å². The normalized spacial score (nSPS) is 12.0. The van der Waals surface area contributed by atoms with E-state index in [4.69, 9.17) is 15.0 Å². The van der Waals surface area contributed by atoms with E-state index in [2.05, 4.69) is 200 Å². The van der Waals surface area contributed by atoms with Crippen LogP contribution in [0.1, 0.15) is 86.9 Å². The Labute approximate surface area is 443 Å². The van der Waals surface area contributed by atoms with Gasteiger partial charge in [-0.1, -0.05) is 208 Å². The summed E-state index contributed by atoms with van der Waals surface area (Å²) < 4.78 is 6.90. The Hall–Kier alpha value is -8.61. The van der Waals surface area contributed by atoms with Crippen LogP contribution in [0.3, 0.4) is 0 Å². The largest absolute Gasteiger partial charge is 0.317 e. The fraction of sp³-hybridized carbons (Fsp3) is 0.174. The molecule has 0 N–H and O–H groups in total. The molecule has 7 aromatic carbocycles. The first-order chi connectivity index (χ1) is 36.8. The second-order valence-corrected chi connectivity index (χ2v) is 17.9. The van der Waals surface area contributed by atoms with Crippen LogP contribution >= 0.6 is 0 Å². The van der Waals surface area contributed by atoms with Crippen LogP contribution < -0.4 is 10.6 Å². The maximum atomic E-state index is 4.97. The van der Waals surface area contributed by atoms with E-state index in [1.54, 1.807) is 0 Å². The summed E-state index contributed by atoms with van der Waals surface area (Å²) in [5.41, 5.74) is 12.4. The Kier molecular flexibility index (Phi) is 17.2. The van der Waals surface area contributed by atoms with Crippen LogP contribution in [0.15, 0.2) is 194 Å². The van der Waals surface area contributed by atoms with Crippen LogP contribution in [-0.4, -0.2) is 28.7 Å². The molecule has 4 heterocycles. The minimum atomic E-state index is 0.520. The minimum absolute atomic E-state index is 0.520. The van der Waals surface area contributed by atoms with E-state index in [1.165, 1.54) is 60.1 Å². The van der Waals surface area contributed by atoms with Crippen LogP contribution in [0.5, 0.6) is 0 Å². The van der Waals surface area contributed by atoms with E-state index in [1.807, 2.05) is 102 Å². The number of para-hydroxylation sites is 2. The summed E-state index contributed by atoms with van der Waals surface area (Å²) in [6, 6.07) is 59.4. The summed E-state index contributed by atoms with van der Waals surface area (Å²) in [7, 11) is 0. The third-order valence-corrected chi connectivity index (χ3v) is 13.1. The number of allylic oxidation sites excluding steroid dienone is 4. The number of benzene rings is 7. The molecule has 0 unspecified atom stereocenters. The quantitative estimate of drug-likeness (QED) is 0.160. The van der Waals surface area contributed by atoms with Crippen molar-refractivity contribution in [3.63, 3.8) is 0 Å².